The zero-order chi connectivity index (χ0) is 13.5. The molecule has 0 bridgehead atoms. The Morgan fingerprint density at radius 1 is 1.42 bits per heavy atom. The lowest BCUT2D eigenvalue weighted by molar-refractivity contribution is -0.124. The Bertz CT molecular complexity index is 274. The van der Waals surface area contributed by atoms with E-state index in [2.05, 4.69) is 22.6 Å². The molecule has 0 aromatic rings. The molecule has 2 aliphatic rings. The summed E-state index contributed by atoms with van der Waals surface area (Å²) in [6.07, 6.45) is 5.85. The number of morpholine rings is 1. The summed E-state index contributed by atoms with van der Waals surface area (Å²) in [7, 11) is 2.16. The molecule has 2 N–H and O–H groups in total. The van der Waals surface area contributed by atoms with Crippen molar-refractivity contribution < 1.29 is 9.53 Å². The highest BCUT2D eigenvalue weighted by Crippen LogP contribution is 2.21. The Kier molecular flexibility index (Phi) is 6.07. The van der Waals surface area contributed by atoms with Crippen molar-refractivity contribution in [3.8, 4) is 0 Å². The van der Waals surface area contributed by atoms with Crippen LogP contribution >= 0.6 is 0 Å². The van der Waals surface area contributed by atoms with Crippen LogP contribution < -0.4 is 10.6 Å². The van der Waals surface area contributed by atoms with Gasteiger partial charge in [0.1, 0.15) is 0 Å². The maximum Gasteiger partial charge on any atom is 0.222 e. The van der Waals surface area contributed by atoms with Crippen molar-refractivity contribution in [1.29, 1.82) is 0 Å². The SMILES string of the molecule is CN(CCNC(=O)CC1CNCCO1)C1CCCC1. The Morgan fingerprint density at radius 2 is 2.21 bits per heavy atom. The van der Waals surface area contributed by atoms with Gasteiger partial charge in [0.2, 0.25) is 5.91 Å². The van der Waals surface area contributed by atoms with Crippen LogP contribution in [0.4, 0.5) is 0 Å². The highest BCUT2D eigenvalue weighted by atomic mass is 16.5. The lowest BCUT2D eigenvalue weighted by atomic mass is 10.2. The lowest BCUT2D eigenvalue weighted by Gasteiger charge is -2.25. The van der Waals surface area contributed by atoms with Crippen molar-refractivity contribution in [2.45, 2.75) is 44.2 Å². The number of hydrogen-bond acceptors (Lipinski definition) is 4. The minimum absolute atomic E-state index is 0.0429. The third kappa shape index (κ3) is 5.09. The van der Waals surface area contributed by atoms with Crippen LogP contribution in [0.15, 0.2) is 0 Å². The molecule has 5 nitrogen and oxygen atoms in total. The lowest BCUT2D eigenvalue weighted by Crippen LogP contribution is -2.42. The van der Waals surface area contributed by atoms with E-state index in [9.17, 15) is 4.79 Å². The number of rotatable bonds is 6. The smallest absolute Gasteiger partial charge is 0.222 e. The Morgan fingerprint density at radius 3 is 2.89 bits per heavy atom. The summed E-state index contributed by atoms with van der Waals surface area (Å²) < 4.78 is 5.52. The Labute approximate surface area is 116 Å². The zero-order valence-electron chi connectivity index (χ0n) is 12.0. The van der Waals surface area contributed by atoms with Gasteiger partial charge in [0.15, 0.2) is 0 Å². The number of nitrogens with zero attached hydrogens (tertiary/aromatic N) is 1. The van der Waals surface area contributed by atoms with Crippen molar-refractivity contribution in [2.24, 2.45) is 0 Å². The first kappa shape index (κ1) is 14.8. The molecule has 2 rings (SSSR count). The average molecular weight is 269 g/mol. The van der Waals surface area contributed by atoms with Crippen LogP contribution in [-0.2, 0) is 9.53 Å². The fourth-order valence-corrected chi connectivity index (χ4v) is 2.93. The molecule has 1 amide bonds. The molecule has 2 fully saturated rings. The first-order valence-corrected chi connectivity index (χ1v) is 7.55. The number of amides is 1. The van der Waals surface area contributed by atoms with E-state index >= 15 is 0 Å². The van der Waals surface area contributed by atoms with E-state index in [1.807, 2.05) is 0 Å². The van der Waals surface area contributed by atoms with Crippen LogP contribution in [-0.4, -0.2) is 62.8 Å². The van der Waals surface area contributed by atoms with Crippen molar-refractivity contribution in [1.82, 2.24) is 15.5 Å². The van der Waals surface area contributed by atoms with Crippen LogP contribution in [0, 0.1) is 0 Å². The van der Waals surface area contributed by atoms with E-state index in [0.717, 1.165) is 32.2 Å². The van der Waals surface area contributed by atoms with Gasteiger partial charge >= 0.3 is 0 Å². The molecular formula is C14H27N3O2. The second-order valence-electron chi connectivity index (χ2n) is 5.67. The van der Waals surface area contributed by atoms with Crippen LogP contribution in [0.3, 0.4) is 0 Å². The van der Waals surface area contributed by atoms with Gasteiger partial charge in [0.05, 0.1) is 19.1 Å². The van der Waals surface area contributed by atoms with Crippen LogP contribution in [0.5, 0.6) is 0 Å². The van der Waals surface area contributed by atoms with Crippen LogP contribution in [0.25, 0.3) is 0 Å². The molecule has 1 heterocycles. The molecule has 110 valence electrons. The van der Waals surface area contributed by atoms with Gasteiger partial charge in [-0.3, -0.25) is 4.79 Å². The number of nitrogens with one attached hydrogen (secondary N) is 2. The Balaban J connectivity index is 1.55. The first-order valence-electron chi connectivity index (χ1n) is 7.55. The summed E-state index contributed by atoms with van der Waals surface area (Å²) >= 11 is 0. The number of hydrogen-bond donors (Lipinski definition) is 2. The highest BCUT2D eigenvalue weighted by Gasteiger charge is 2.20. The van der Waals surface area contributed by atoms with E-state index in [4.69, 9.17) is 4.74 Å². The summed E-state index contributed by atoms with van der Waals surface area (Å²) in [5, 5.41) is 6.23. The highest BCUT2D eigenvalue weighted by molar-refractivity contribution is 5.76. The summed E-state index contributed by atoms with van der Waals surface area (Å²) in [5.41, 5.74) is 0. The predicted octanol–water partition coefficient (Wildman–Crippen LogP) is 0.356. The monoisotopic (exact) mass is 269 g/mol. The first-order chi connectivity index (χ1) is 9.25. The summed E-state index contributed by atoms with van der Waals surface area (Å²) in [6, 6.07) is 0.725. The summed E-state index contributed by atoms with van der Waals surface area (Å²) in [6.45, 7) is 4.08. The fraction of sp³-hybridized carbons (Fsp3) is 0.929. The molecule has 19 heavy (non-hydrogen) atoms. The van der Waals surface area contributed by atoms with Crippen molar-refractivity contribution >= 4 is 5.91 Å². The molecule has 1 unspecified atom stereocenters. The molecule has 0 aromatic heterocycles. The average Bonchev–Trinajstić information content (AvgIpc) is 2.93. The van der Waals surface area contributed by atoms with E-state index in [-0.39, 0.29) is 12.0 Å². The van der Waals surface area contributed by atoms with E-state index < -0.39 is 0 Å². The summed E-state index contributed by atoms with van der Waals surface area (Å²) in [5.74, 6) is 0.105. The molecule has 1 aliphatic carbocycles. The quantitative estimate of drug-likeness (QED) is 0.731. The van der Waals surface area contributed by atoms with Crippen molar-refractivity contribution in [2.75, 3.05) is 39.8 Å². The van der Waals surface area contributed by atoms with Crippen molar-refractivity contribution in [3.63, 3.8) is 0 Å². The largest absolute Gasteiger partial charge is 0.375 e. The van der Waals surface area contributed by atoms with E-state index in [0.29, 0.717) is 13.0 Å². The molecule has 1 atom stereocenters. The van der Waals surface area contributed by atoms with Crippen molar-refractivity contribution in [3.05, 3.63) is 0 Å². The molecule has 1 aliphatic heterocycles. The molecule has 0 spiro atoms. The van der Waals surface area contributed by atoms with E-state index in [1.165, 1.54) is 25.7 Å². The van der Waals surface area contributed by atoms with Gasteiger partial charge in [-0.05, 0) is 19.9 Å². The predicted molar refractivity (Wildman–Crippen MR) is 75.1 cm³/mol. The molecule has 0 aromatic carbocycles. The Hall–Kier alpha value is -0.650. The molecule has 1 saturated heterocycles. The van der Waals surface area contributed by atoms with Gasteiger partial charge in [-0.2, -0.15) is 0 Å². The normalized spacial score (nSPS) is 24.8. The molecule has 1 saturated carbocycles. The molecule has 0 radical (unpaired) electrons. The molecular weight excluding hydrogens is 242 g/mol. The van der Waals surface area contributed by atoms with Gasteiger partial charge in [0, 0.05) is 32.2 Å². The molecule has 5 heteroatoms. The topological polar surface area (TPSA) is 53.6 Å². The van der Waals surface area contributed by atoms with Crippen LogP contribution in [0.2, 0.25) is 0 Å². The third-order valence-electron chi connectivity index (χ3n) is 4.15. The van der Waals surface area contributed by atoms with Gasteiger partial charge in [-0.1, -0.05) is 12.8 Å². The number of carbonyl (C=O) groups is 1. The van der Waals surface area contributed by atoms with Crippen LogP contribution in [0.1, 0.15) is 32.1 Å². The van der Waals surface area contributed by atoms with Gasteiger partial charge in [-0.25, -0.2) is 0 Å². The second-order valence-corrected chi connectivity index (χ2v) is 5.67. The van der Waals surface area contributed by atoms with E-state index in [1.54, 1.807) is 0 Å². The fourth-order valence-electron chi connectivity index (χ4n) is 2.93. The second kappa shape index (κ2) is 7.82. The van der Waals surface area contributed by atoms with Gasteiger partial charge in [0.25, 0.3) is 0 Å². The zero-order valence-corrected chi connectivity index (χ0v) is 12.0. The van der Waals surface area contributed by atoms with Gasteiger partial charge < -0.3 is 20.3 Å². The summed E-state index contributed by atoms with van der Waals surface area (Å²) in [4.78, 5) is 14.2. The minimum Gasteiger partial charge on any atom is -0.375 e. The number of carbonyl (C=O) groups excluding carboxylic acids is 1. The number of ether oxygens (including phenoxy) is 1. The van der Waals surface area contributed by atoms with Gasteiger partial charge in [-0.15, -0.1) is 0 Å². The third-order valence-corrected chi connectivity index (χ3v) is 4.15. The standard InChI is InChI=1S/C14H27N3O2/c1-17(12-4-2-3-5-12)8-6-16-14(18)10-13-11-15-7-9-19-13/h12-13,15H,2-11H2,1H3,(H,16,18). The number of likely N-dealkylation sites (N-methyl/N-ethyl adjacent to an activating group) is 1. The maximum atomic E-state index is 11.8. The minimum atomic E-state index is 0.0429. The maximum absolute atomic E-state index is 11.8.